The van der Waals surface area contributed by atoms with Crippen molar-refractivity contribution in [3.8, 4) is 5.69 Å². The van der Waals surface area contributed by atoms with E-state index in [0.717, 1.165) is 0 Å². The highest BCUT2D eigenvalue weighted by atomic mass is 16.5. The summed E-state index contributed by atoms with van der Waals surface area (Å²) in [5, 5.41) is 7.40. The second-order valence-electron chi connectivity index (χ2n) is 3.23. The minimum Gasteiger partial charge on any atom is -0.465 e. The molecule has 6 heteroatoms. The van der Waals surface area contributed by atoms with Crippen molar-refractivity contribution in [1.82, 2.24) is 15.0 Å². The van der Waals surface area contributed by atoms with Crippen molar-refractivity contribution >= 4 is 12.3 Å². The summed E-state index contributed by atoms with van der Waals surface area (Å²) in [4.78, 5) is 21.9. The fourth-order valence-corrected chi connectivity index (χ4v) is 1.38. The molecule has 1 aromatic carbocycles. The van der Waals surface area contributed by atoms with Crippen LogP contribution in [0.3, 0.4) is 0 Å². The summed E-state index contributed by atoms with van der Waals surface area (Å²) in [6.07, 6.45) is 2.02. The Hall–Kier alpha value is -2.50. The SMILES string of the molecule is COC(=O)c1ccc(-n2nncc2C=O)cc1. The molecule has 0 unspecified atom stereocenters. The molecule has 0 N–H and O–H groups in total. The Morgan fingerprint density at radius 3 is 2.65 bits per heavy atom. The van der Waals surface area contributed by atoms with Gasteiger partial charge in [-0.1, -0.05) is 5.21 Å². The Kier molecular flexibility index (Phi) is 2.95. The van der Waals surface area contributed by atoms with Crippen LogP contribution in [0.5, 0.6) is 0 Å². The summed E-state index contributed by atoms with van der Waals surface area (Å²) in [6, 6.07) is 6.51. The molecule has 1 heterocycles. The Morgan fingerprint density at radius 2 is 2.06 bits per heavy atom. The number of carbonyl (C=O) groups excluding carboxylic acids is 2. The summed E-state index contributed by atoms with van der Waals surface area (Å²) in [5.74, 6) is -0.411. The van der Waals surface area contributed by atoms with Gasteiger partial charge < -0.3 is 4.74 Å². The van der Waals surface area contributed by atoms with Crippen molar-refractivity contribution in [3.63, 3.8) is 0 Å². The van der Waals surface area contributed by atoms with Gasteiger partial charge in [0.05, 0.1) is 24.6 Å². The minimum absolute atomic E-state index is 0.343. The Labute approximate surface area is 96.8 Å². The van der Waals surface area contributed by atoms with Gasteiger partial charge in [-0.15, -0.1) is 5.10 Å². The number of nitrogens with zero attached hydrogens (tertiary/aromatic N) is 3. The average Bonchev–Trinajstić information content (AvgIpc) is 2.86. The molecule has 0 saturated heterocycles. The van der Waals surface area contributed by atoms with Crippen molar-refractivity contribution in [2.75, 3.05) is 7.11 Å². The van der Waals surface area contributed by atoms with Gasteiger partial charge in [0, 0.05) is 0 Å². The van der Waals surface area contributed by atoms with Crippen LogP contribution in [-0.4, -0.2) is 34.4 Å². The van der Waals surface area contributed by atoms with Gasteiger partial charge in [-0.25, -0.2) is 9.48 Å². The number of esters is 1. The smallest absolute Gasteiger partial charge is 0.337 e. The van der Waals surface area contributed by atoms with E-state index in [9.17, 15) is 9.59 Å². The summed E-state index contributed by atoms with van der Waals surface area (Å²) in [7, 11) is 1.32. The summed E-state index contributed by atoms with van der Waals surface area (Å²) in [6.45, 7) is 0. The quantitative estimate of drug-likeness (QED) is 0.578. The lowest BCUT2D eigenvalue weighted by Gasteiger charge is -2.03. The lowest BCUT2D eigenvalue weighted by molar-refractivity contribution is 0.0600. The zero-order chi connectivity index (χ0) is 12.3. The fraction of sp³-hybridized carbons (Fsp3) is 0.0909. The molecule has 0 aliphatic rings. The summed E-state index contributed by atoms with van der Waals surface area (Å²) < 4.78 is 5.96. The maximum atomic E-state index is 11.2. The number of aldehydes is 1. The molecule has 1 aromatic heterocycles. The second kappa shape index (κ2) is 4.56. The first-order valence-corrected chi connectivity index (χ1v) is 4.81. The van der Waals surface area contributed by atoms with E-state index in [1.807, 2.05) is 0 Å². The largest absolute Gasteiger partial charge is 0.465 e. The average molecular weight is 231 g/mol. The van der Waals surface area contributed by atoms with Crippen LogP contribution in [0.15, 0.2) is 30.5 Å². The highest BCUT2D eigenvalue weighted by Gasteiger charge is 2.07. The molecule has 0 aliphatic heterocycles. The number of rotatable bonds is 3. The van der Waals surface area contributed by atoms with Crippen LogP contribution in [-0.2, 0) is 4.74 Å². The van der Waals surface area contributed by atoms with Gasteiger partial charge in [-0.05, 0) is 24.3 Å². The van der Waals surface area contributed by atoms with Crippen molar-refractivity contribution in [1.29, 1.82) is 0 Å². The Balaban J connectivity index is 2.36. The topological polar surface area (TPSA) is 74.1 Å². The molecule has 17 heavy (non-hydrogen) atoms. The number of carbonyl (C=O) groups is 2. The van der Waals surface area contributed by atoms with Gasteiger partial charge in [0.2, 0.25) is 0 Å². The molecule has 86 valence electrons. The van der Waals surface area contributed by atoms with Gasteiger partial charge in [0.1, 0.15) is 5.69 Å². The number of methoxy groups -OCH3 is 1. The van der Waals surface area contributed by atoms with Crippen LogP contribution in [0, 0.1) is 0 Å². The highest BCUT2D eigenvalue weighted by Crippen LogP contribution is 2.10. The van der Waals surface area contributed by atoms with E-state index in [1.165, 1.54) is 18.0 Å². The van der Waals surface area contributed by atoms with E-state index in [2.05, 4.69) is 15.0 Å². The Bertz CT molecular complexity index is 545. The predicted octanol–water partition coefficient (Wildman–Crippen LogP) is 0.866. The van der Waals surface area contributed by atoms with Crippen molar-refractivity contribution in [2.45, 2.75) is 0 Å². The van der Waals surface area contributed by atoms with E-state index in [0.29, 0.717) is 23.2 Å². The van der Waals surface area contributed by atoms with Crippen LogP contribution < -0.4 is 0 Å². The predicted molar refractivity (Wildman–Crippen MR) is 58.1 cm³/mol. The zero-order valence-corrected chi connectivity index (χ0v) is 9.03. The molecule has 0 saturated carbocycles. The van der Waals surface area contributed by atoms with Crippen LogP contribution >= 0.6 is 0 Å². The van der Waals surface area contributed by atoms with E-state index >= 15 is 0 Å². The molecule has 2 rings (SSSR count). The molecule has 0 aliphatic carbocycles. The van der Waals surface area contributed by atoms with Gasteiger partial charge >= 0.3 is 5.97 Å². The monoisotopic (exact) mass is 231 g/mol. The molecule has 6 nitrogen and oxygen atoms in total. The minimum atomic E-state index is -0.411. The number of aromatic nitrogens is 3. The maximum Gasteiger partial charge on any atom is 0.337 e. The number of hydrogen-bond acceptors (Lipinski definition) is 5. The van der Waals surface area contributed by atoms with Gasteiger partial charge in [0.15, 0.2) is 6.29 Å². The summed E-state index contributed by atoms with van der Waals surface area (Å²) >= 11 is 0. The van der Waals surface area contributed by atoms with E-state index < -0.39 is 5.97 Å². The lowest BCUT2D eigenvalue weighted by Crippen LogP contribution is -2.04. The Morgan fingerprint density at radius 1 is 1.35 bits per heavy atom. The normalized spacial score (nSPS) is 9.94. The first-order chi connectivity index (χ1) is 8.26. The van der Waals surface area contributed by atoms with Gasteiger partial charge in [0.25, 0.3) is 0 Å². The standard InChI is InChI=1S/C11H9N3O3/c1-17-11(16)8-2-4-9(5-3-8)14-10(7-15)6-12-13-14/h2-7H,1H3. The fourth-order valence-electron chi connectivity index (χ4n) is 1.38. The van der Waals surface area contributed by atoms with Crippen LogP contribution in [0.2, 0.25) is 0 Å². The van der Waals surface area contributed by atoms with Gasteiger partial charge in [-0.3, -0.25) is 4.79 Å². The third kappa shape index (κ3) is 2.05. The van der Waals surface area contributed by atoms with E-state index in [4.69, 9.17) is 0 Å². The molecule has 0 spiro atoms. The second-order valence-corrected chi connectivity index (χ2v) is 3.23. The number of ether oxygens (including phenoxy) is 1. The van der Waals surface area contributed by atoms with Crippen LogP contribution in [0.25, 0.3) is 5.69 Å². The zero-order valence-electron chi connectivity index (χ0n) is 9.03. The molecule has 2 aromatic rings. The number of hydrogen-bond donors (Lipinski definition) is 0. The lowest BCUT2D eigenvalue weighted by atomic mass is 10.2. The van der Waals surface area contributed by atoms with Crippen LogP contribution in [0.1, 0.15) is 20.8 Å². The molecule has 0 bridgehead atoms. The van der Waals surface area contributed by atoms with Crippen molar-refractivity contribution in [3.05, 3.63) is 41.7 Å². The third-order valence-corrected chi connectivity index (χ3v) is 2.23. The molecular weight excluding hydrogens is 222 g/mol. The molecule has 0 radical (unpaired) electrons. The summed E-state index contributed by atoms with van der Waals surface area (Å²) in [5.41, 5.74) is 1.43. The maximum absolute atomic E-state index is 11.2. The highest BCUT2D eigenvalue weighted by molar-refractivity contribution is 5.89. The van der Waals surface area contributed by atoms with Crippen molar-refractivity contribution < 1.29 is 14.3 Å². The first kappa shape index (κ1) is 11.0. The van der Waals surface area contributed by atoms with Crippen molar-refractivity contribution in [2.24, 2.45) is 0 Å². The molecular formula is C11H9N3O3. The molecule has 0 fully saturated rings. The number of benzene rings is 1. The first-order valence-electron chi connectivity index (χ1n) is 4.81. The van der Waals surface area contributed by atoms with Crippen LogP contribution in [0.4, 0.5) is 0 Å². The molecule has 0 atom stereocenters. The molecule has 0 amide bonds. The van der Waals surface area contributed by atoms with Gasteiger partial charge in [-0.2, -0.15) is 0 Å². The van der Waals surface area contributed by atoms with E-state index in [1.54, 1.807) is 24.3 Å². The van der Waals surface area contributed by atoms with E-state index in [-0.39, 0.29) is 0 Å². The third-order valence-electron chi connectivity index (χ3n) is 2.23.